The number of benzene rings is 3. The van der Waals surface area contributed by atoms with E-state index in [0.717, 1.165) is 22.6 Å². The molecule has 138 valence electrons. The topological polar surface area (TPSA) is 47.6 Å². The number of carbonyl (C=O) groups excluding carboxylic acids is 1. The fourth-order valence-electron chi connectivity index (χ4n) is 2.65. The molecule has 3 rings (SSSR count). The molecule has 0 aromatic heterocycles. The third-order valence-corrected chi connectivity index (χ3v) is 4.10. The Kier molecular flexibility index (Phi) is 5.77. The lowest BCUT2D eigenvalue weighted by Crippen LogP contribution is -2.30. The molecule has 0 saturated heterocycles. The van der Waals surface area contributed by atoms with Crippen LogP contribution in [0.3, 0.4) is 0 Å². The fraction of sp³-hybridized carbons (Fsp3) is 0.174. The monoisotopic (exact) mass is 361 g/mol. The van der Waals surface area contributed by atoms with Crippen molar-refractivity contribution in [3.8, 4) is 17.2 Å². The average molecular weight is 361 g/mol. The van der Waals surface area contributed by atoms with Crippen LogP contribution in [0.2, 0.25) is 0 Å². The molecule has 0 aliphatic heterocycles. The van der Waals surface area contributed by atoms with E-state index in [1.807, 2.05) is 74.5 Å². The summed E-state index contributed by atoms with van der Waals surface area (Å²) < 4.78 is 11.6. The van der Waals surface area contributed by atoms with Crippen LogP contribution in [0.5, 0.6) is 17.2 Å². The Bertz CT molecular complexity index is 905. The van der Waals surface area contributed by atoms with Gasteiger partial charge in [0.1, 0.15) is 17.2 Å². The van der Waals surface area contributed by atoms with Crippen molar-refractivity contribution in [2.45, 2.75) is 26.9 Å². The zero-order chi connectivity index (χ0) is 19.2. The molecule has 0 bridgehead atoms. The van der Waals surface area contributed by atoms with Gasteiger partial charge in [-0.3, -0.25) is 4.79 Å². The summed E-state index contributed by atoms with van der Waals surface area (Å²) in [5.41, 5.74) is 2.86. The summed E-state index contributed by atoms with van der Waals surface area (Å²) in [6, 6.07) is 22.7. The minimum Gasteiger partial charge on any atom is -0.481 e. The Hall–Kier alpha value is -3.27. The van der Waals surface area contributed by atoms with E-state index in [4.69, 9.17) is 9.47 Å². The minimum absolute atomic E-state index is 0.202. The molecule has 3 aromatic rings. The van der Waals surface area contributed by atoms with E-state index in [2.05, 4.69) is 5.32 Å². The second-order valence-corrected chi connectivity index (χ2v) is 6.46. The lowest BCUT2D eigenvalue weighted by atomic mass is 10.1. The van der Waals surface area contributed by atoms with Crippen LogP contribution in [0.1, 0.15) is 18.1 Å². The first-order valence-electron chi connectivity index (χ1n) is 8.89. The molecule has 1 amide bonds. The van der Waals surface area contributed by atoms with Gasteiger partial charge in [-0.25, -0.2) is 0 Å². The summed E-state index contributed by atoms with van der Waals surface area (Å²) in [4.78, 5) is 12.4. The van der Waals surface area contributed by atoms with E-state index >= 15 is 0 Å². The number of anilines is 1. The number of rotatable bonds is 6. The molecule has 0 fully saturated rings. The zero-order valence-electron chi connectivity index (χ0n) is 15.7. The summed E-state index contributed by atoms with van der Waals surface area (Å²) >= 11 is 0. The maximum absolute atomic E-state index is 12.4. The molecular formula is C23H23NO3. The summed E-state index contributed by atoms with van der Waals surface area (Å²) in [5.74, 6) is 1.99. The van der Waals surface area contributed by atoms with Crippen molar-refractivity contribution in [2.75, 3.05) is 5.32 Å². The van der Waals surface area contributed by atoms with Gasteiger partial charge in [-0.05, 0) is 68.8 Å². The van der Waals surface area contributed by atoms with Crippen molar-refractivity contribution in [1.82, 2.24) is 0 Å². The Balaban J connectivity index is 1.58. The SMILES string of the molecule is Cc1ccc(O[C@H](C)C(=O)Nc2ccc(Oc3ccccc3)cc2)c(C)c1. The molecule has 4 heteroatoms. The molecule has 1 N–H and O–H groups in total. The summed E-state index contributed by atoms with van der Waals surface area (Å²) in [7, 11) is 0. The number of nitrogens with one attached hydrogen (secondary N) is 1. The second-order valence-electron chi connectivity index (χ2n) is 6.46. The van der Waals surface area contributed by atoms with Crippen LogP contribution in [0, 0.1) is 13.8 Å². The van der Waals surface area contributed by atoms with Gasteiger partial charge in [0.2, 0.25) is 0 Å². The van der Waals surface area contributed by atoms with Gasteiger partial charge >= 0.3 is 0 Å². The first-order chi connectivity index (χ1) is 13.0. The largest absolute Gasteiger partial charge is 0.481 e. The maximum Gasteiger partial charge on any atom is 0.265 e. The van der Waals surface area contributed by atoms with E-state index in [9.17, 15) is 4.79 Å². The Morgan fingerprint density at radius 2 is 1.56 bits per heavy atom. The molecule has 1 atom stereocenters. The van der Waals surface area contributed by atoms with Gasteiger partial charge in [-0.15, -0.1) is 0 Å². The normalized spacial score (nSPS) is 11.5. The second kappa shape index (κ2) is 8.41. The van der Waals surface area contributed by atoms with Gasteiger partial charge < -0.3 is 14.8 Å². The van der Waals surface area contributed by atoms with Crippen LogP contribution < -0.4 is 14.8 Å². The molecule has 0 aliphatic carbocycles. The van der Waals surface area contributed by atoms with Crippen molar-refractivity contribution < 1.29 is 14.3 Å². The van der Waals surface area contributed by atoms with E-state index in [1.54, 1.807) is 19.1 Å². The number of aryl methyl sites for hydroxylation is 2. The van der Waals surface area contributed by atoms with Gasteiger partial charge in [-0.1, -0.05) is 35.9 Å². The molecule has 4 nitrogen and oxygen atoms in total. The zero-order valence-corrected chi connectivity index (χ0v) is 15.7. The first-order valence-corrected chi connectivity index (χ1v) is 8.89. The smallest absolute Gasteiger partial charge is 0.265 e. The van der Waals surface area contributed by atoms with E-state index in [0.29, 0.717) is 11.4 Å². The maximum atomic E-state index is 12.4. The predicted molar refractivity (Wildman–Crippen MR) is 108 cm³/mol. The summed E-state index contributed by atoms with van der Waals surface area (Å²) in [5, 5.41) is 2.86. The van der Waals surface area contributed by atoms with E-state index < -0.39 is 6.10 Å². The van der Waals surface area contributed by atoms with Gasteiger partial charge in [0.15, 0.2) is 6.10 Å². The number of carbonyl (C=O) groups is 1. The Labute approximate surface area is 159 Å². The van der Waals surface area contributed by atoms with E-state index in [1.165, 1.54) is 0 Å². The number of ether oxygens (including phenoxy) is 2. The summed E-state index contributed by atoms with van der Waals surface area (Å²) in [6.45, 7) is 5.73. The average Bonchev–Trinajstić information content (AvgIpc) is 2.66. The van der Waals surface area contributed by atoms with Crippen LogP contribution in [-0.2, 0) is 4.79 Å². The quantitative estimate of drug-likeness (QED) is 0.630. The Morgan fingerprint density at radius 3 is 2.22 bits per heavy atom. The van der Waals surface area contributed by atoms with Gasteiger partial charge in [0.05, 0.1) is 0 Å². The van der Waals surface area contributed by atoms with Crippen LogP contribution >= 0.6 is 0 Å². The van der Waals surface area contributed by atoms with Crippen molar-refractivity contribution in [2.24, 2.45) is 0 Å². The minimum atomic E-state index is -0.605. The van der Waals surface area contributed by atoms with Crippen LogP contribution in [0.25, 0.3) is 0 Å². The molecule has 0 radical (unpaired) electrons. The van der Waals surface area contributed by atoms with Crippen molar-refractivity contribution >= 4 is 11.6 Å². The summed E-state index contributed by atoms with van der Waals surface area (Å²) in [6.07, 6.45) is -0.605. The third-order valence-electron chi connectivity index (χ3n) is 4.10. The van der Waals surface area contributed by atoms with E-state index in [-0.39, 0.29) is 5.91 Å². The van der Waals surface area contributed by atoms with Crippen molar-refractivity contribution in [3.05, 3.63) is 83.9 Å². The highest BCUT2D eigenvalue weighted by atomic mass is 16.5. The number of para-hydroxylation sites is 1. The highest BCUT2D eigenvalue weighted by Gasteiger charge is 2.16. The van der Waals surface area contributed by atoms with Gasteiger partial charge in [0.25, 0.3) is 5.91 Å². The fourth-order valence-corrected chi connectivity index (χ4v) is 2.65. The number of hydrogen-bond acceptors (Lipinski definition) is 3. The molecule has 27 heavy (non-hydrogen) atoms. The lowest BCUT2D eigenvalue weighted by Gasteiger charge is -2.16. The molecule has 0 spiro atoms. The third kappa shape index (κ3) is 5.11. The molecule has 0 heterocycles. The molecule has 3 aromatic carbocycles. The molecule has 0 unspecified atom stereocenters. The predicted octanol–water partition coefficient (Wildman–Crippen LogP) is 5.50. The first kappa shape index (κ1) is 18.5. The standard InChI is InChI=1S/C23H23NO3/c1-16-9-14-22(17(2)15-16)26-18(3)23(25)24-19-10-12-21(13-11-19)27-20-7-5-4-6-8-20/h4-15,18H,1-3H3,(H,24,25)/t18-/m1/s1. The molecule has 0 aliphatic rings. The molecular weight excluding hydrogens is 338 g/mol. The highest BCUT2D eigenvalue weighted by Crippen LogP contribution is 2.23. The number of amides is 1. The molecule has 0 saturated carbocycles. The van der Waals surface area contributed by atoms with Gasteiger partial charge in [-0.2, -0.15) is 0 Å². The van der Waals surface area contributed by atoms with Crippen LogP contribution in [0.4, 0.5) is 5.69 Å². The number of hydrogen-bond donors (Lipinski definition) is 1. The highest BCUT2D eigenvalue weighted by molar-refractivity contribution is 5.94. The van der Waals surface area contributed by atoms with Gasteiger partial charge in [0, 0.05) is 5.69 Å². The van der Waals surface area contributed by atoms with Crippen LogP contribution in [-0.4, -0.2) is 12.0 Å². The van der Waals surface area contributed by atoms with Crippen LogP contribution in [0.15, 0.2) is 72.8 Å². The lowest BCUT2D eigenvalue weighted by molar-refractivity contribution is -0.122. The van der Waals surface area contributed by atoms with Crippen molar-refractivity contribution in [3.63, 3.8) is 0 Å². The van der Waals surface area contributed by atoms with Crippen molar-refractivity contribution in [1.29, 1.82) is 0 Å². The Morgan fingerprint density at radius 1 is 0.889 bits per heavy atom.